The number of nitrogens with zero attached hydrogens (tertiary/aromatic N) is 1. The van der Waals surface area contributed by atoms with Crippen molar-refractivity contribution in [3.63, 3.8) is 0 Å². The smallest absolute Gasteiger partial charge is 0.269 e. The van der Waals surface area contributed by atoms with Crippen molar-refractivity contribution >= 4 is 5.91 Å². The van der Waals surface area contributed by atoms with E-state index in [0.29, 0.717) is 5.06 Å². The summed E-state index contributed by atoms with van der Waals surface area (Å²) >= 11 is 0. The Morgan fingerprint density at radius 1 is 1.67 bits per heavy atom. The van der Waals surface area contributed by atoms with Crippen molar-refractivity contribution in [3.05, 3.63) is 25.3 Å². The highest BCUT2D eigenvalue weighted by molar-refractivity contribution is 5.85. The second-order valence-electron chi connectivity index (χ2n) is 1.41. The predicted molar refractivity (Wildman–Crippen MR) is 33.9 cm³/mol. The molecule has 0 fully saturated rings. The summed E-state index contributed by atoms with van der Waals surface area (Å²) < 4.78 is 0. The zero-order chi connectivity index (χ0) is 7.28. The molecule has 0 aliphatic rings. The molecule has 0 aliphatic heterocycles. The summed E-state index contributed by atoms with van der Waals surface area (Å²) in [7, 11) is 0. The van der Waals surface area contributed by atoms with Gasteiger partial charge in [-0.2, -0.15) is 0 Å². The van der Waals surface area contributed by atoms with Crippen molar-refractivity contribution < 1.29 is 10.0 Å². The molecule has 0 radical (unpaired) electrons. The van der Waals surface area contributed by atoms with Gasteiger partial charge in [0.05, 0.1) is 6.54 Å². The zero-order valence-corrected chi connectivity index (χ0v) is 5.08. The lowest BCUT2D eigenvalue weighted by atomic mass is 10.5. The second kappa shape index (κ2) is 3.86. The molecule has 0 saturated heterocycles. The fraction of sp³-hybridized carbons (Fsp3) is 0.167. The normalized spacial score (nSPS) is 8.11. The average Bonchev–Trinajstić information content (AvgIpc) is 1.87. The summed E-state index contributed by atoms with van der Waals surface area (Å²) in [5, 5.41) is 9.19. The van der Waals surface area contributed by atoms with Crippen molar-refractivity contribution in [2.45, 2.75) is 0 Å². The first kappa shape index (κ1) is 7.91. The maximum absolute atomic E-state index is 10.4. The van der Waals surface area contributed by atoms with Crippen LogP contribution in [0.4, 0.5) is 0 Å². The lowest BCUT2D eigenvalue weighted by molar-refractivity contribution is -0.156. The standard InChI is InChI=1S/C6H9NO2/c1-3-5-7(9)6(8)4-2/h3-4,9H,1-2,5H2. The quantitative estimate of drug-likeness (QED) is 0.261. The Morgan fingerprint density at radius 3 is 2.56 bits per heavy atom. The summed E-state index contributed by atoms with van der Waals surface area (Å²) in [5.74, 6) is -0.519. The molecule has 3 nitrogen and oxygen atoms in total. The molecule has 0 aromatic carbocycles. The van der Waals surface area contributed by atoms with Crippen LogP contribution in [0.5, 0.6) is 0 Å². The van der Waals surface area contributed by atoms with E-state index < -0.39 is 5.91 Å². The van der Waals surface area contributed by atoms with Crippen LogP contribution in [-0.4, -0.2) is 22.7 Å². The number of carbonyl (C=O) groups is 1. The molecular formula is C6H9NO2. The third-order valence-electron chi connectivity index (χ3n) is 0.731. The van der Waals surface area contributed by atoms with E-state index >= 15 is 0 Å². The number of hydrogen-bond donors (Lipinski definition) is 1. The van der Waals surface area contributed by atoms with Gasteiger partial charge in [0.15, 0.2) is 0 Å². The highest BCUT2D eigenvalue weighted by Crippen LogP contribution is 1.83. The molecule has 0 unspecified atom stereocenters. The molecule has 0 spiro atoms. The van der Waals surface area contributed by atoms with Gasteiger partial charge in [0.1, 0.15) is 0 Å². The minimum Gasteiger partial charge on any atom is -0.285 e. The van der Waals surface area contributed by atoms with Crippen molar-refractivity contribution in [2.75, 3.05) is 6.54 Å². The van der Waals surface area contributed by atoms with Gasteiger partial charge < -0.3 is 0 Å². The van der Waals surface area contributed by atoms with Crippen LogP contribution in [-0.2, 0) is 4.79 Å². The van der Waals surface area contributed by atoms with E-state index in [1.807, 2.05) is 0 Å². The average molecular weight is 127 g/mol. The third kappa shape index (κ3) is 2.66. The highest BCUT2D eigenvalue weighted by atomic mass is 16.5. The SMILES string of the molecule is C=CCN(O)C(=O)C=C. The third-order valence-corrected chi connectivity index (χ3v) is 0.731. The van der Waals surface area contributed by atoms with Gasteiger partial charge in [-0.1, -0.05) is 12.7 Å². The Bertz CT molecular complexity index is 131. The molecule has 50 valence electrons. The number of amides is 1. The minimum atomic E-state index is -0.519. The van der Waals surface area contributed by atoms with Crippen LogP contribution in [0, 0.1) is 0 Å². The van der Waals surface area contributed by atoms with Crippen LogP contribution in [0.25, 0.3) is 0 Å². The molecule has 0 aromatic heterocycles. The second-order valence-corrected chi connectivity index (χ2v) is 1.41. The molecule has 0 bridgehead atoms. The summed E-state index contributed by atoms with van der Waals surface area (Å²) in [4.78, 5) is 10.4. The summed E-state index contributed by atoms with van der Waals surface area (Å²) in [6.07, 6.45) is 2.45. The van der Waals surface area contributed by atoms with Crippen LogP contribution in [0.15, 0.2) is 25.3 Å². The van der Waals surface area contributed by atoms with E-state index in [-0.39, 0.29) is 6.54 Å². The predicted octanol–water partition coefficient (Wildman–Crippen LogP) is 0.576. The Morgan fingerprint density at radius 2 is 2.22 bits per heavy atom. The van der Waals surface area contributed by atoms with Gasteiger partial charge in [-0.05, 0) is 6.08 Å². The molecule has 3 heteroatoms. The lowest BCUT2D eigenvalue weighted by Gasteiger charge is -2.07. The summed E-state index contributed by atoms with van der Waals surface area (Å²) in [6.45, 7) is 6.64. The number of carbonyl (C=O) groups excluding carboxylic acids is 1. The van der Waals surface area contributed by atoms with Crippen LogP contribution in [0.1, 0.15) is 0 Å². The molecule has 0 aromatic rings. The Kier molecular flexibility index (Phi) is 3.39. The Hall–Kier alpha value is -1.09. The van der Waals surface area contributed by atoms with Crippen LogP contribution >= 0.6 is 0 Å². The van der Waals surface area contributed by atoms with Crippen molar-refractivity contribution in [3.8, 4) is 0 Å². The molecule has 0 atom stereocenters. The first-order valence-electron chi connectivity index (χ1n) is 2.46. The zero-order valence-electron chi connectivity index (χ0n) is 5.08. The molecule has 0 saturated carbocycles. The monoisotopic (exact) mass is 127 g/mol. The minimum absolute atomic E-state index is 0.130. The first-order chi connectivity index (χ1) is 4.22. The van der Waals surface area contributed by atoms with Gasteiger partial charge >= 0.3 is 0 Å². The fourth-order valence-electron chi connectivity index (χ4n) is 0.318. The molecule has 9 heavy (non-hydrogen) atoms. The van der Waals surface area contributed by atoms with E-state index in [9.17, 15) is 4.79 Å². The van der Waals surface area contributed by atoms with Crippen LogP contribution < -0.4 is 0 Å². The van der Waals surface area contributed by atoms with Crippen LogP contribution in [0.2, 0.25) is 0 Å². The Labute approximate surface area is 53.9 Å². The molecule has 0 aliphatic carbocycles. The van der Waals surface area contributed by atoms with E-state index in [0.717, 1.165) is 6.08 Å². The van der Waals surface area contributed by atoms with E-state index in [1.54, 1.807) is 0 Å². The maximum Gasteiger partial charge on any atom is 0.269 e. The molecule has 0 heterocycles. The van der Waals surface area contributed by atoms with Gasteiger partial charge in [-0.3, -0.25) is 10.0 Å². The Balaban J connectivity index is 3.71. The highest BCUT2D eigenvalue weighted by Gasteiger charge is 2.00. The molecule has 1 N–H and O–H groups in total. The fourth-order valence-corrected chi connectivity index (χ4v) is 0.318. The summed E-state index contributed by atoms with van der Waals surface area (Å²) in [6, 6.07) is 0. The van der Waals surface area contributed by atoms with Gasteiger partial charge in [-0.15, -0.1) is 6.58 Å². The van der Waals surface area contributed by atoms with Gasteiger partial charge in [0.25, 0.3) is 5.91 Å². The number of hydrogen-bond acceptors (Lipinski definition) is 2. The molecule has 1 amide bonds. The van der Waals surface area contributed by atoms with Gasteiger partial charge in [0, 0.05) is 0 Å². The van der Waals surface area contributed by atoms with Crippen molar-refractivity contribution in [1.82, 2.24) is 5.06 Å². The number of hydroxylamine groups is 2. The van der Waals surface area contributed by atoms with Gasteiger partial charge in [-0.25, -0.2) is 5.06 Å². The summed E-state index contributed by atoms with van der Waals surface area (Å²) in [5.41, 5.74) is 0. The topological polar surface area (TPSA) is 40.5 Å². The van der Waals surface area contributed by atoms with Crippen LogP contribution in [0.3, 0.4) is 0 Å². The lowest BCUT2D eigenvalue weighted by Crippen LogP contribution is -2.24. The maximum atomic E-state index is 10.4. The molecule has 0 rings (SSSR count). The van der Waals surface area contributed by atoms with Crippen molar-refractivity contribution in [2.24, 2.45) is 0 Å². The largest absolute Gasteiger partial charge is 0.285 e. The number of rotatable bonds is 3. The van der Waals surface area contributed by atoms with E-state index in [1.165, 1.54) is 6.08 Å². The van der Waals surface area contributed by atoms with Crippen molar-refractivity contribution in [1.29, 1.82) is 0 Å². The van der Waals surface area contributed by atoms with E-state index in [2.05, 4.69) is 13.2 Å². The first-order valence-corrected chi connectivity index (χ1v) is 2.46. The molecular weight excluding hydrogens is 118 g/mol. The van der Waals surface area contributed by atoms with E-state index in [4.69, 9.17) is 5.21 Å². The van der Waals surface area contributed by atoms with Gasteiger partial charge in [0.2, 0.25) is 0 Å².